The van der Waals surface area contributed by atoms with Crippen LogP contribution in [0.3, 0.4) is 0 Å². The van der Waals surface area contributed by atoms with Crippen molar-refractivity contribution in [3.63, 3.8) is 0 Å². The summed E-state index contributed by atoms with van der Waals surface area (Å²) in [6.45, 7) is 9.78. The summed E-state index contributed by atoms with van der Waals surface area (Å²) >= 11 is 0. The summed E-state index contributed by atoms with van der Waals surface area (Å²) in [5, 5.41) is 3.36. The van der Waals surface area contributed by atoms with Gasteiger partial charge >= 0.3 is 6.61 Å². The second kappa shape index (κ2) is 9.97. The molecular formula is C19H35F2N3O2. The smallest absolute Gasteiger partial charge is 0.345 e. The molecule has 0 radical (unpaired) electrons. The highest BCUT2D eigenvalue weighted by molar-refractivity contribution is 4.98. The molecule has 2 rings (SSSR count). The maximum atomic E-state index is 12.2. The van der Waals surface area contributed by atoms with E-state index in [4.69, 9.17) is 4.74 Å². The normalized spacial score (nSPS) is 27.2. The minimum absolute atomic E-state index is 0.169. The van der Waals surface area contributed by atoms with E-state index in [9.17, 15) is 8.78 Å². The predicted molar refractivity (Wildman–Crippen MR) is 98.8 cm³/mol. The molecule has 1 saturated carbocycles. The van der Waals surface area contributed by atoms with E-state index in [0.717, 1.165) is 31.4 Å². The molecule has 1 aliphatic carbocycles. The molecule has 26 heavy (non-hydrogen) atoms. The SMILES string of the molecule is C=C(C)N(C(C)NCOC)[C@H](C)[C@H]1CC[C@@H](N2CC(OC(F)F)C2)CC1. The van der Waals surface area contributed by atoms with Gasteiger partial charge in [0.15, 0.2) is 0 Å². The van der Waals surface area contributed by atoms with Crippen molar-refractivity contribution in [2.45, 2.75) is 77.4 Å². The van der Waals surface area contributed by atoms with E-state index in [-0.39, 0.29) is 12.3 Å². The summed E-state index contributed by atoms with van der Waals surface area (Å²) in [5.74, 6) is 0.615. The molecule has 1 aliphatic heterocycles. The van der Waals surface area contributed by atoms with E-state index in [0.29, 0.717) is 37.8 Å². The zero-order valence-electron chi connectivity index (χ0n) is 16.6. The van der Waals surface area contributed by atoms with Crippen molar-refractivity contribution in [1.82, 2.24) is 15.1 Å². The van der Waals surface area contributed by atoms with Crippen molar-refractivity contribution in [1.29, 1.82) is 0 Å². The Kier molecular flexibility index (Phi) is 8.26. The molecule has 1 saturated heterocycles. The molecule has 0 bridgehead atoms. The fraction of sp³-hybridized carbons (Fsp3) is 0.895. The zero-order valence-corrected chi connectivity index (χ0v) is 16.6. The first kappa shape index (κ1) is 21.5. The van der Waals surface area contributed by atoms with Crippen molar-refractivity contribution in [3.05, 3.63) is 12.3 Å². The van der Waals surface area contributed by atoms with Gasteiger partial charge in [-0.05, 0) is 52.4 Å². The summed E-state index contributed by atoms with van der Waals surface area (Å²) in [4.78, 5) is 4.65. The van der Waals surface area contributed by atoms with Crippen LogP contribution >= 0.6 is 0 Å². The molecule has 5 nitrogen and oxygen atoms in total. The number of likely N-dealkylation sites (tertiary alicyclic amines) is 1. The molecule has 1 N–H and O–H groups in total. The molecule has 0 aromatic carbocycles. The third-order valence-corrected chi connectivity index (χ3v) is 5.93. The highest BCUT2D eigenvalue weighted by Gasteiger charge is 2.38. The van der Waals surface area contributed by atoms with Crippen LogP contribution in [0.2, 0.25) is 0 Å². The van der Waals surface area contributed by atoms with E-state index < -0.39 is 6.61 Å². The molecule has 0 aromatic rings. The maximum Gasteiger partial charge on any atom is 0.345 e. The van der Waals surface area contributed by atoms with Crippen molar-refractivity contribution in [3.8, 4) is 0 Å². The van der Waals surface area contributed by atoms with Crippen LogP contribution in [-0.4, -0.2) is 67.7 Å². The first-order valence-electron chi connectivity index (χ1n) is 9.67. The first-order valence-corrected chi connectivity index (χ1v) is 9.67. The number of rotatable bonds is 10. The number of allylic oxidation sites excluding steroid dienone is 1. The summed E-state index contributed by atoms with van der Waals surface area (Å²) < 4.78 is 34.2. The third kappa shape index (κ3) is 5.62. The molecule has 2 atom stereocenters. The van der Waals surface area contributed by atoms with E-state index >= 15 is 0 Å². The second-order valence-corrected chi connectivity index (χ2v) is 7.74. The molecule has 2 aliphatic rings. The average Bonchev–Trinajstić information content (AvgIpc) is 2.55. The lowest BCUT2D eigenvalue weighted by Gasteiger charge is -2.48. The highest BCUT2D eigenvalue weighted by atomic mass is 19.3. The number of halogens is 2. The molecule has 7 heteroatoms. The molecule has 1 unspecified atom stereocenters. The van der Waals surface area contributed by atoms with Crippen molar-refractivity contribution in [2.75, 3.05) is 26.9 Å². The molecule has 152 valence electrons. The number of nitrogens with one attached hydrogen (secondary N) is 1. The van der Waals surface area contributed by atoms with Crippen LogP contribution < -0.4 is 5.32 Å². The summed E-state index contributed by atoms with van der Waals surface area (Å²) in [7, 11) is 1.68. The summed E-state index contributed by atoms with van der Waals surface area (Å²) in [6.07, 6.45) is 4.44. The Labute approximate surface area is 156 Å². The van der Waals surface area contributed by atoms with Gasteiger partial charge in [0.1, 0.15) is 0 Å². The van der Waals surface area contributed by atoms with Crippen LogP contribution in [0.1, 0.15) is 46.5 Å². The number of nitrogens with zero attached hydrogens (tertiary/aromatic N) is 2. The molecule has 1 heterocycles. The van der Waals surface area contributed by atoms with Crippen molar-refractivity contribution in [2.24, 2.45) is 5.92 Å². The maximum absolute atomic E-state index is 12.2. The van der Waals surface area contributed by atoms with Crippen molar-refractivity contribution >= 4 is 0 Å². The molecule has 0 amide bonds. The Balaban J connectivity index is 1.79. The molecule has 2 fully saturated rings. The van der Waals surface area contributed by atoms with E-state index in [1.807, 2.05) is 0 Å². The topological polar surface area (TPSA) is 37.0 Å². The average molecular weight is 376 g/mol. The third-order valence-electron chi connectivity index (χ3n) is 5.93. The number of ether oxygens (including phenoxy) is 2. The van der Waals surface area contributed by atoms with Gasteiger partial charge in [-0.25, -0.2) is 0 Å². The van der Waals surface area contributed by atoms with Crippen LogP contribution in [0.15, 0.2) is 12.3 Å². The lowest BCUT2D eigenvalue weighted by atomic mass is 9.80. The van der Waals surface area contributed by atoms with Crippen LogP contribution in [0.25, 0.3) is 0 Å². The Morgan fingerprint density at radius 2 is 1.85 bits per heavy atom. The van der Waals surface area contributed by atoms with E-state index in [1.54, 1.807) is 7.11 Å². The van der Waals surface area contributed by atoms with Crippen LogP contribution in [0.4, 0.5) is 8.78 Å². The minimum atomic E-state index is -2.65. The Morgan fingerprint density at radius 3 is 2.35 bits per heavy atom. The van der Waals surface area contributed by atoms with Gasteiger partial charge < -0.3 is 14.4 Å². The van der Waals surface area contributed by atoms with Gasteiger partial charge in [0.25, 0.3) is 0 Å². The molecule has 0 aromatic heterocycles. The Bertz CT molecular complexity index is 439. The number of alkyl halides is 2. The largest absolute Gasteiger partial charge is 0.369 e. The Morgan fingerprint density at radius 1 is 1.23 bits per heavy atom. The highest BCUT2D eigenvalue weighted by Crippen LogP contribution is 2.35. The monoisotopic (exact) mass is 375 g/mol. The van der Waals surface area contributed by atoms with Gasteiger partial charge in [-0.1, -0.05) is 6.58 Å². The summed E-state index contributed by atoms with van der Waals surface area (Å²) in [5.41, 5.74) is 1.06. The predicted octanol–water partition coefficient (Wildman–Crippen LogP) is 3.23. The lowest BCUT2D eigenvalue weighted by molar-refractivity contribution is -0.202. The zero-order chi connectivity index (χ0) is 19.3. The van der Waals surface area contributed by atoms with E-state index in [2.05, 4.69) is 47.2 Å². The van der Waals surface area contributed by atoms with Gasteiger partial charge in [-0.2, -0.15) is 8.78 Å². The van der Waals surface area contributed by atoms with Crippen LogP contribution in [0, 0.1) is 5.92 Å². The Hall–Kier alpha value is -0.760. The summed E-state index contributed by atoms with van der Waals surface area (Å²) in [6, 6.07) is 0.914. The fourth-order valence-corrected chi connectivity index (χ4v) is 4.51. The number of hydrogen-bond acceptors (Lipinski definition) is 5. The fourth-order valence-electron chi connectivity index (χ4n) is 4.51. The lowest BCUT2D eigenvalue weighted by Crippen LogP contribution is -2.58. The first-order chi connectivity index (χ1) is 12.3. The van der Waals surface area contributed by atoms with E-state index in [1.165, 1.54) is 0 Å². The van der Waals surface area contributed by atoms with Gasteiger partial charge in [0.2, 0.25) is 0 Å². The van der Waals surface area contributed by atoms with Gasteiger partial charge in [0.05, 0.1) is 19.0 Å². The number of hydrogen-bond donors (Lipinski definition) is 1. The minimum Gasteiger partial charge on any atom is -0.369 e. The van der Waals surface area contributed by atoms with Gasteiger partial charge in [-0.15, -0.1) is 0 Å². The molecule has 0 spiro atoms. The van der Waals surface area contributed by atoms with Gasteiger partial charge in [-0.3, -0.25) is 10.2 Å². The molecular weight excluding hydrogens is 340 g/mol. The van der Waals surface area contributed by atoms with Crippen LogP contribution in [-0.2, 0) is 9.47 Å². The number of methoxy groups -OCH3 is 1. The van der Waals surface area contributed by atoms with Gasteiger partial charge in [0, 0.05) is 38.0 Å². The van der Waals surface area contributed by atoms with Crippen LogP contribution in [0.5, 0.6) is 0 Å². The second-order valence-electron chi connectivity index (χ2n) is 7.74. The standard InChI is InChI=1S/C19H35F2N3O2/c1-13(2)24(15(4)22-12-25-5)14(3)16-6-8-17(9-7-16)23-10-18(11-23)26-19(20)21/h14-19,22H,1,6-12H2,2-5H3/t14-,15?,16-,17+/m1/s1. The quantitative estimate of drug-likeness (QED) is 0.594. The van der Waals surface area contributed by atoms with Crippen molar-refractivity contribution < 1.29 is 18.3 Å².